The highest BCUT2D eigenvalue weighted by Crippen LogP contribution is 2.66. The number of fused-ring (bicyclic) bond motifs is 4. The van der Waals surface area contributed by atoms with Gasteiger partial charge in [0.25, 0.3) is 11.8 Å². The van der Waals surface area contributed by atoms with E-state index in [1.165, 1.54) is 19.2 Å². The maximum absolute atomic E-state index is 14.6. The van der Waals surface area contributed by atoms with Gasteiger partial charge in [0.1, 0.15) is 0 Å². The van der Waals surface area contributed by atoms with Crippen molar-refractivity contribution < 1.29 is 28.7 Å². The molecule has 2 aromatic rings. The Kier molecular flexibility index (Phi) is 5.75. The highest BCUT2D eigenvalue weighted by atomic mass is 35.5. The molecular weight excluding hydrogens is 570 g/mol. The average molecular weight is 592 g/mol. The van der Waals surface area contributed by atoms with E-state index in [0.717, 1.165) is 21.4 Å². The fraction of sp³-hybridized carbons (Fsp3) is 0.357. The Morgan fingerprint density at radius 2 is 1.74 bits per heavy atom. The molecule has 0 aromatic heterocycles. The molecule has 0 radical (unpaired) electrons. The Morgan fingerprint density at radius 3 is 2.44 bits per heavy atom. The number of aromatic hydroxyl groups is 1. The normalized spacial score (nSPS) is 33.7. The number of alkyl halides is 2. The second-order valence-corrected chi connectivity index (χ2v) is 12.3. The number of rotatable bonds is 2. The van der Waals surface area contributed by atoms with Gasteiger partial charge in [0.15, 0.2) is 21.3 Å². The third kappa shape index (κ3) is 3.22. The third-order valence-corrected chi connectivity index (χ3v) is 10.6. The Bertz CT molecular complexity index is 1550. The maximum Gasteiger partial charge on any atom is 0.253 e. The van der Waals surface area contributed by atoms with Crippen LogP contribution in [0.15, 0.2) is 48.0 Å². The summed E-state index contributed by atoms with van der Waals surface area (Å²) in [6.45, 7) is 1.80. The van der Waals surface area contributed by atoms with Gasteiger partial charge in [-0.2, -0.15) is 0 Å². The fourth-order valence-corrected chi connectivity index (χ4v) is 8.02. The molecule has 202 valence electrons. The molecule has 4 amide bonds. The van der Waals surface area contributed by atoms with Crippen molar-refractivity contribution in [3.05, 3.63) is 70.0 Å². The van der Waals surface area contributed by atoms with Crippen LogP contribution in [0.3, 0.4) is 0 Å². The lowest BCUT2D eigenvalue weighted by Crippen LogP contribution is -2.60. The molecule has 1 N–H and O–H groups in total. The highest BCUT2D eigenvalue weighted by Gasteiger charge is 2.76. The number of anilines is 1. The number of phenolic OH excluding ortho intramolecular Hbond substituents is 1. The number of allylic oxidation sites excluding steroid dienone is 2. The summed E-state index contributed by atoms with van der Waals surface area (Å²) in [5.74, 6) is -7.81. The third-order valence-electron chi connectivity index (χ3n) is 8.76. The van der Waals surface area contributed by atoms with Crippen LogP contribution >= 0.6 is 34.8 Å². The first kappa shape index (κ1) is 26.3. The number of imide groups is 2. The maximum atomic E-state index is 14.6. The van der Waals surface area contributed by atoms with E-state index in [1.807, 2.05) is 0 Å². The molecule has 6 rings (SSSR count). The average Bonchev–Trinajstić information content (AvgIpc) is 3.23. The zero-order chi connectivity index (χ0) is 28.2. The molecule has 6 atom stereocenters. The summed E-state index contributed by atoms with van der Waals surface area (Å²) in [6.07, 6.45) is 1.66. The Balaban J connectivity index is 1.53. The molecule has 2 aliphatic heterocycles. The number of amides is 4. The number of hydrogen-bond acceptors (Lipinski definition) is 5. The van der Waals surface area contributed by atoms with Crippen molar-refractivity contribution in [2.75, 3.05) is 11.9 Å². The van der Waals surface area contributed by atoms with Crippen LogP contribution in [0.5, 0.6) is 5.75 Å². The summed E-state index contributed by atoms with van der Waals surface area (Å²) in [7, 11) is 1.26. The van der Waals surface area contributed by atoms with Crippen LogP contribution < -0.4 is 4.90 Å². The van der Waals surface area contributed by atoms with Crippen molar-refractivity contribution in [2.45, 2.75) is 35.4 Å². The number of carbonyl (C=O) groups excluding carboxylic acids is 4. The summed E-state index contributed by atoms with van der Waals surface area (Å²) >= 11 is 20.4. The van der Waals surface area contributed by atoms with E-state index in [9.17, 15) is 28.7 Å². The van der Waals surface area contributed by atoms with E-state index >= 15 is 0 Å². The molecular formula is C28H22Cl3FN2O5. The van der Waals surface area contributed by atoms with Crippen LogP contribution in [-0.2, 0) is 19.2 Å². The molecule has 11 heteroatoms. The van der Waals surface area contributed by atoms with Crippen LogP contribution in [0.25, 0.3) is 0 Å². The smallest absolute Gasteiger partial charge is 0.253 e. The summed E-state index contributed by atoms with van der Waals surface area (Å²) in [5.41, 5.74) is 1.54. The van der Waals surface area contributed by atoms with Crippen molar-refractivity contribution in [3.8, 4) is 5.75 Å². The van der Waals surface area contributed by atoms with Crippen LogP contribution in [0.4, 0.5) is 10.1 Å². The van der Waals surface area contributed by atoms with Crippen molar-refractivity contribution in [3.63, 3.8) is 0 Å². The van der Waals surface area contributed by atoms with Gasteiger partial charge in [-0.15, -0.1) is 23.2 Å². The van der Waals surface area contributed by atoms with Gasteiger partial charge in [0.2, 0.25) is 11.8 Å². The van der Waals surface area contributed by atoms with Gasteiger partial charge in [-0.25, -0.2) is 9.29 Å². The first-order valence-electron chi connectivity index (χ1n) is 12.4. The molecule has 3 fully saturated rings. The lowest BCUT2D eigenvalue weighted by atomic mass is 9.56. The summed E-state index contributed by atoms with van der Waals surface area (Å²) < 4.78 is 14.6. The van der Waals surface area contributed by atoms with Crippen LogP contribution in [0.1, 0.15) is 29.9 Å². The fourth-order valence-electron chi connectivity index (χ4n) is 6.83. The molecule has 0 spiro atoms. The zero-order valence-corrected chi connectivity index (χ0v) is 23.0. The van der Waals surface area contributed by atoms with E-state index < -0.39 is 68.6 Å². The van der Waals surface area contributed by atoms with E-state index in [4.69, 9.17) is 34.8 Å². The molecule has 4 aliphatic rings. The van der Waals surface area contributed by atoms with Crippen molar-refractivity contribution in [1.29, 1.82) is 0 Å². The van der Waals surface area contributed by atoms with E-state index in [2.05, 4.69) is 0 Å². The predicted molar refractivity (Wildman–Crippen MR) is 142 cm³/mol. The minimum atomic E-state index is -2.10. The van der Waals surface area contributed by atoms with Gasteiger partial charge in [0.05, 0.1) is 17.5 Å². The standard InChI is InChI=1S/C28H22Cl3FN2O5/c1-12-6-7-13(10-18(12)29)34-23(36)15-9-8-14-17(20(15)24(34)37)11-27(30)25(38)33(2)26(39)28(27,31)21(14)16-4-3-5-19(32)22(16)35/h3-8,10,15,17,20-21,35H,9,11H2,1-2H3. The Morgan fingerprint density at radius 1 is 1.03 bits per heavy atom. The summed E-state index contributed by atoms with van der Waals surface area (Å²) in [4.78, 5) is 52.3. The summed E-state index contributed by atoms with van der Waals surface area (Å²) in [6, 6.07) is 8.72. The monoisotopic (exact) mass is 590 g/mol. The predicted octanol–water partition coefficient (Wildman–Crippen LogP) is 4.69. The molecule has 1 saturated carbocycles. The quantitative estimate of drug-likeness (QED) is 0.311. The van der Waals surface area contributed by atoms with Gasteiger partial charge in [-0.3, -0.25) is 24.1 Å². The molecule has 7 nitrogen and oxygen atoms in total. The lowest BCUT2D eigenvalue weighted by Gasteiger charge is -2.50. The number of carbonyl (C=O) groups is 4. The number of likely N-dealkylation sites (tertiary alicyclic amines) is 1. The number of hydrogen-bond donors (Lipinski definition) is 1. The molecule has 0 bridgehead atoms. The first-order chi connectivity index (χ1) is 18.3. The number of nitrogens with zero attached hydrogens (tertiary/aromatic N) is 2. The van der Waals surface area contributed by atoms with E-state index in [-0.39, 0.29) is 18.4 Å². The van der Waals surface area contributed by atoms with Crippen LogP contribution in [0.2, 0.25) is 5.02 Å². The van der Waals surface area contributed by atoms with Crippen molar-refractivity contribution in [1.82, 2.24) is 4.90 Å². The number of para-hydroxylation sites is 1. The van der Waals surface area contributed by atoms with Crippen LogP contribution in [0, 0.1) is 30.5 Å². The molecule has 6 unspecified atom stereocenters. The van der Waals surface area contributed by atoms with Gasteiger partial charge in [-0.1, -0.05) is 41.4 Å². The van der Waals surface area contributed by atoms with Gasteiger partial charge < -0.3 is 5.11 Å². The molecule has 2 heterocycles. The number of aryl methyl sites for hydroxylation is 1. The Labute approximate surface area is 238 Å². The summed E-state index contributed by atoms with van der Waals surface area (Å²) in [5, 5.41) is 11.1. The van der Waals surface area contributed by atoms with Gasteiger partial charge in [-0.05, 0) is 49.4 Å². The minimum absolute atomic E-state index is 0.0279. The topological polar surface area (TPSA) is 95.0 Å². The van der Waals surface area contributed by atoms with Crippen molar-refractivity contribution in [2.24, 2.45) is 17.8 Å². The Hall–Kier alpha value is -2.94. The van der Waals surface area contributed by atoms with Gasteiger partial charge in [0, 0.05) is 23.6 Å². The molecule has 2 aliphatic carbocycles. The van der Waals surface area contributed by atoms with Gasteiger partial charge >= 0.3 is 0 Å². The second-order valence-electron chi connectivity index (χ2n) is 10.6. The second kappa shape index (κ2) is 8.53. The number of halogens is 4. The minimum Gasteiger partial charge on any atom is -0.505 e. The SMILES string of the molecule is Cc1ccc(N2C(=O)C3CC=C4C(CC5(Cl)C(=O)N(C)C(=O)C5(Cl)C4c4cccc(F)c4O)C3C2=O)cc1Cl. The van der Waals surface area contributed by atoms with Crippen molar-refractivity contribution >= 4 is 64.1 Å². The number of benzene rings is 2. The van der Waals surface area contributed by atoms with E-state index in [0.29, 0.717) is 16.3 Å². The highest BCUT2D eigenvalue weighted by molar-refractivity contribution is 6.53. The molecule has 2 aromatic carbocycles. The first-order valence-corrected chi connectivity index (χ1v) is 13.5. The van der Waals surface area contributed by atoms with Crippen LogP contribution in [-0.4, -0.2) is 50.4 Å². The zero-order valence-electron chi connectivity index (χ0n) is 20.8. The lowest BCUT2D eigenvalue weighted by molar-refractivity contribution is -0.138. The molecule has 2 saturated heterocycles. The molecule has 39 heavy (non-hydrogen) atoms. The largest absolute Gasteiger partial charge is 0.505 e. The van der Waals surface area contributed by atoms with E-state index in [1.54, 1.807) is 31.2 Å². The number of phenols is 1.